The molecule has 1 aliphatic carbocycles. The first-order valence-electron chi connectivity index (χ1n) is 8.11. The molecule has 1 saturated heterocycles. The van der Waals surface area contributed by atoms with E-state index in [0.717, 1.165) is 50.9 Å². The van der Waals surface area contributed by atoms with Gasteiger partial charge in [-0.1, -0.05) is 12.8 Å². The summed E-state index contributed by atoms with van der Waals surface area (Å²) in [5.41, 5.74) is -0.0516. The maximum Gasteiger partial charge on any atom is 0.228 e. The lowest BCUT2D eigenvalue weighted by molar-refractivity contribution is -0.134. The maximum absolute atomic E-state index is 13.6. The summed E-state index contributed by atoms with van der Waals surface area (Å²) in [5, 5.41) is 2.45. The van der Waals surface area contributed by atoms with Crippen LogP contribution in [0.25, 0.3) is 0 Å². The van der Waals surface area contributed by atoms with Gasteiger partial charge in [-0.3, -0.25) is 9.59 Å². The van der Waals surface area contributed by atoms with E-state index >= 15 is 0 Å². The number of anilines is 1. The van der Waals surface area contributed by atoms with Crippen LogP contribution in [0.2, 0.25) is 0 Å². The van der Waals surface area contributed by atoms with Crippen LogP contribution in [-0.2, 0) is 9.59 Å². The molecular weight excluding hydrogens is 302 g/mol. The first-order valence-corrected chi connectivity index (χ1v) is 8.11. The van der Waals surface area contributed by atoms with Crippen LogP contribution in [0.3, 0.4) is 0 Å². The van der Waals surface area contributed by atoms with Gasteiger partial charge in [-0.05, 0) is 31.4 Å². The van der Waals surface area contributed by atoms with Gasteiger partial charge in [0.1, 0.15) is 11.6 Å². The zero-order valence-corrected chi connectivity index (χ0v) is 12.9. The molecule has 0 radical (unpaired) electrons. The summed E-state index contributed by atoms with van der Waals surface area (Å²) in [6, 6.07) is 3.00. The molecule has 2 unspecified atom stereocenters. The van der Waals surface area contributed by atoms with Gasteiger partial charge in [0.05, 0.1) is 17.5 Å². The third-order valence-corrected chi connectivity index (χ3v) is 4.55. The Hall–Kier alpha value is -1.98. The second kappa shape index (κ2) is 6.64. The average molecular weight is 322 g/mol. The summed E-state index contributed by atoms with van der Waals surface area (Å²) in [4.78, 5) is 26.4. The van der Waals surface area contributed by atoms with E-state index in [1.54, 1.807) is 0 Å². The number of benzene rings is 1. The molecule has 1 heterocycles. The van der Waals surface area contributed by atoms with Crippen molar-refractivity contribution in [2.24, 2.45) is 11.8 Å². The first-order chi connectivity index (χ1) is 11.1. The predicted molar refractivity (Wildman–Crippen MR) is 81.6 cm³/mol. The van der Waals surface area contributed by atoms with Gasteiger partial charge in [0, 0.05) is 19.2 Å². The van der Waals surface area contributed by atoms with Crippen LogP contribution in [0.5, 0.6) is 0 Å². The van der Waals surface area contributed by atoms with E-state index in [-0.39, 0.29) is 23.4 Å². The highest BCUT2D eigenvalue weighted by molar-refractivity contribution is 5.99. The molecule has 2 fully saturated rings. The van der Waals surface area contributed by atoms with Crippen LogP contribution in [0.15, 0.2) is 18.2 Å². The summed E-state index contributed by atoms with van der Waals surface area (Å²) in [5.74, 6) is -2.54. The number of hydrogen-bond acceptors (Lipinski definition) is 2. The summed E-state index contributed by atoms with van der Waals surface area (Å²) in [6.45, 7) is 1.52. The zero-order valence-electron chi connectivity index (χ0n) is 12.9. The average Bonchev–Trinajstić information content (AvgIpc) is 3.33. The second-order valence-electron chi connectivity index (χ2n) is 6.30. The molecule has 1 aromatic rings. The van der Waals surface area contributed by atoms with E-state index in [4.69, 9.17) is 0 Å². The number of nitrogens with zero attached hydrogens (tertiary/aromatic N) is 1. The van der Waals surface area contributed by atoms with Gasteiger partial charge in [-0.25, -0.2) is 8.78 Å². The maximum atomic E-state index is 13.6. The number of hydrogen-bond donors (Lipinski definition) is 1. The fraction of sp³-hybridized carbons (Fsp3) is 0.529. The predicted octanol–water partition coefficient (Wildman–Crippen LogP) is 2.94. The fourth-order valence-corrected chi connectivity index (χ4v) is 3.10. The van der Waals surface area contributed by atoms with Crippen molar-refractivity contribution in [1.82, 2.24) is 4.90 Å². The highest BCUT2D eigenvalue weighted by Crippen LogP contribution is 2.41. The molecule has 0 spiro atoms. The summed E-state index contributed by atoms with van der Waals surface area (Å²) >= 11 is 0. The molecule has 124 valence electrons. The minimum atomic E-state index is -0.811. The van der Waals surface area contributed by atoms with E-state index in [1.807, 2.05) is 4.90 Å². The van der Waals surface area contributed by atoms with Crippen molar-refractivity contribution in [3.8, 4) is 0 Å². The van der Waals surface area contributed by atoms with E-state index in [0.29, 0.717) is 6.42 Å². The van der Waals surface area contributed by atoms with Gasteiger partial charge in [-0.15, -0.1) is 0 Å². The lowest BCUT2D eigenvalue weighted by atomic mass is 10.2. The van der Waals surface area contributed by atoms with Gasteiger partial charge in [-0.2, -0.15) is 0 Å². The van der Waals surface area contributed by atoms with Crippen molar-refractivity contribution in [3.05, 3.63) is 29.8 Å². The summed E-state index contributed by atoms with van der Waals surface area (Å²) in [6.07, 6.45) is 4.81. The fourth-order valence-electron chi connectivity index (χ4n) is 3.10. The van der Waals surface area contributed by atoms with E-state index in [9.17, 15) is 18.4 Å². The third kappa shape index (κ3) is 3.68. The lowest BCUT2D eigenvalue weighted by Gasteiger charge is -2.20. The molecule has 0 bridgehead atoms. The van der Waals surface area contributed by atoms with Crippen LogP contribution < -0.4 is 5.32 Å². The molecule has 2 aliphatic rings. The summed E-state index contributed by atoms with van der Waals surface area (Å²) < 4.78 is 26.4. The molecule has 6 heteroatoms. The van der Waals surface area contributed by atoms with Crippen LogP contribution in [-0.4, -0.2) is 29.8 Å². The molecule has 1 aromatic carbocycles. The quantitative estimate of drug-likeness (QED) is 0.930. The van der Waals surface area contributed by atoms with Gasteiger partial charge in [0.2, 0.25) is 11.8 Å². The van der Waals surface area contributed by atoms with Crippen LogP contribution in [0, 0.1) is 23.5 Å². The second-order valence-corrected chi connectivity index (χ2v) is 6.30. The SMILES string of the molecule is O=C(Nc1ccc(F)cc1F)C1CC1C(=O)N1CCCCCC1. The van der Waals surface area contributed by atoms with Gasteiger partial charge in [0.15, 0.2) is 0 Å². The van der Waals surface area contributed by atoms with E-state index < -0.39 is 17.6 Å². The Morgan fingerprint density at radius 1 is 1.04 bits per heavy atom. The first kappa shape index (κ1) is 15.9. The zero-order chi connectivity index (χ0) is 16.4. The lowest BCUT2D eigenvalue weighted by Crippen LogP contribution is -2.34. The number of rotatable bonds is 3. The van der Waals surface area contributed by atoms with Crippen LogP contribution >= 0.6 is 0 Å². The standard InChI is InChI=1S/C17H20F2N2O2/c18-11-5-6-15(14(19)9-11)20-16(22)12-10-13(12)17(23)21-7-3-1-2-4-8-21/h5-6,9,12-13H,1-4,7-8,10H2,(H,20,22). The topological polar surface area (TPSA) is 49.4 Å². The number of carbonyl (C=O) groups excluding carboxylic acids is 2. The molecule has 2 atom stereocenters. The Kier molecular flexibility index (Phi) is 4.59. The molecule has 0 aromatic heterocycles. The number of amides is 2. The molecule has 2 amide bonds. The minimum absolute atomic E-state index is 0.0339. The van der Waals surface area contributed by atoms with Crippen molar-refractivity contribution in [1.29, 1.82) is 0 Å². The molecule has 23 heavy (non-hydrogen) atoms. The number of carbonyl (C=O) groups is 2. The van der Waals surface area contributed by atoms with E-state index in [1.165, 1.54) is 6.07 Å². The molecule has 4 nitrogen and oxygen atoms in total. The van der Waals surface area contributed by atoms with Crippen molar-refractivity contribution in [2.75, 3.05) is 18.4 Å². The number of likely N-dealkylation sites (tertiary alicyclic amines) is 1. The van der Waals surface area contributed by atoms with Gasteiger partial charge >= 0.3 is 0 Å². The van der Waals surface area contributed by atoms with Crippen molar-refractivity contribution < 1.29 is 18.4 Å². The van der Waals surface area contributed by atoms with Crippen molar-refractivity contribution >= 4 is 17.5 Å². The smallest absolute Gasteiger partial charge is 0.228 e. The monoisotopic (exact) mass is 322 g/mol. The summed E-state index contributed by atoms with van der Waals surface area (Å²) in [7, 11) is 0. The molecule has 3 rings (SSSR count). The normalized spacial score (nSPS) is 24.0. The molecule has 1 aliphatic heterocycles. The van der Waals surface area contributed by atoms with E-state index in [2.05, 4.69) is 5.32 Å². The molecular formula is C17H20F2N2O2. The molecule has 1 N–H and O–H groups in total. The highest BCUT2D eigenvalue weighted by atomic mass is 19.1. The largest absolute Gasteiger partial charge is 0.342 e. The van der Waals surface area contributed by atoms with Crippen molar-refractivity contribution in [3.63, 3.8) is 0 Å². The Balaban J connectivity index is 1.56. The Labute approximate surface area is 133 Å². The minimum Gasteiger partial charge on any atom is -0.342 e. The van der Waals surface area contributed by atoms with Crippen molar-refractivity contribution in [2.45, 2.75) is 32.1 Å². The third-order valence-electron chi connectivity index (χ3n) is 4.55. The van der Waals surface area contributed by atoms with Crippen LogP contribution in [0.1, 0.15) is 32.1 Å². The number of nitrogens with one attached hydrogen (secondary N) is 1. The van der Waals surface area contributed by atoms with Gasteiger partial charge < -0.3 is 10.2 Å². The van der Waals surface area contributed by atoms with Gasteiger partial charge in [0.25, 0.3) is 0 Å². The number of halogens is 2. The molecule has 1 saturated carbocycles. The van der Waals surface area contributed by atoms with Crippen LogP contribution in [0.4, 0.5) is 14.5 Å². The highest BCUT2D eigenvalue weighted by Gasteiger charge is 2.49. The Bertz CT molecular complexity index is 613. The Morgan fingerprint density at radius 3 is 2.39 bits per heavy atom. The Morgan fingerprint density at radius 2 is 1.74 bits per heavy atom.